The first-order valence-electron chi connectivity index (χ1n) is 6.48. The highest BCUT2D eigenvalue weighted by atomic mass is 35.5. The van der Waals surface area contributed by atoms with E-state index < -0.39 is 11.9 Å². The van der Waals surface area contributed by atoms with E-state index in [-0.39, 0.29) is 5.56 Å². The molecule has 0 aliphatic rings. The molecule has 0 bridgehead atoms. The van der Waals surface area contributed by atoms with Crippen molar-refractivity contribution < 1.29 is 14.2 Å². The summed E-state index contributed by atoms with van der Waals surface area (Å²) < 4.78 is 19.5. The molecule has 0 aliphatic heterocycles. The molecule has 1 unspecified atom stereocenters. The van der Waals surface area contributed by atoms with Gasteiger partial charge in [-0.3, -0.25) is 0 Å². The van der Waals surface area contributed by atoms with Gasteiger partial charge in [-0.2, -0.15) is 0 Å². The van der Waals surface area contributed by atoms with Crippen LogP contribution in [0.2, 0.25) is 5.02 Å². The largest absolute Gasteiger partial charge is 0.493 e. The number of aliphatic hydroxyl groups is 1. The lowest BCUT2D eigenvalue weighted by Crippen LogP contribution is -2.06. The Morgan fingerprint density at radius 1 is 1.20 bits per heavy atom. The average Bonchev–Trinajstić information content (AvgIpc) is 2.45. The SMILES string of the molecule is CCCOc1ccccc1C(O)c1ccc(Cl)cc1F. The Morgan fingerprint density at radius 3 is 2.65 bits per heavy atom. The molecule has 0 aliphatic carbocycles. The van der Waals surface area contributed by atoms with Gasteiger partial charge in [-0.1, -0.05) is 42.8 Å². The summed E-state index contributed by atoms with van der Waals surface area (Å²) in [6.45, 7) is 2.55. The third kappa shape index (κ3) is 3.30. The summed E-state index contributed by atoms with van der Waals surface area (Å²) in [6.07, 6.45) is -0.222. The molecule has 2 nitrogen and oxygen atoms in total. The minimum absolute atomic E-state index is 0.182. The van der Waals surface area contributed by atoms with Gasteiger partial charge >= 0.3 is 0 Å². The number of hydrogen-bond donors (Lipinski definition) is 1. The van der Waals surface area contributed by atoms with Crippen molar-refractivity contribution in [2.45, 2.75) is 19.4 Å². The van der Waals surface area contributed by atoms with Gasteiger partial charge in [-0.05, 0) is 24.6 Å². The van der Waals surface area contributed by atoms with Crippen LogP contribution in [0.4, 0.5) is 4.39 Å². The van der Waals surface area contributed by atoms with Crippen LogP contribution in [0.3, 0.4) is 0 Å². The predicted molar refractivity (Wildman–Crippen MR) is 77.7 cm³/mol. The molecule has 2 rings (SSSR count). The molecule has 2 aromatic rings. The Kier molecular flexibility index (Phi) is 4.99. The molecule has 0 radical (unpaired) electrons. The number of para-hydroxylation sites is 1. The first kappa shape index (κ1) is 14.8. The molecule has 1 N–H and O–H groups in total. The highest BCUT2D eigenvalue weighted by Crippen LogP contribution is 2.32. The summed E-state index contributed by atoms with van der Waals surface area (Å²) in [7, 11) is 0. The zero-order valence-corrected chi connectivity index (χ0v) is 11.9. The molecule has 2 aromatic carbocycles. The van der Waals surface area contributed by atoms with E-state index in [1.54, 1.807) is 24.3 Å². The molecule has 1 atom stereocenters. The fraction of sp³-hybridized carbons (Fsp3) is 0.250. The van der Waals surface area contributed by atoms with Crippen molar-refractivity contribution >= 4 is 11.6 Å². The van der Waals surface area contributed by atoms with Gasteiger partial charge in [0.05, 0.1) is 6.61 Å². The van der Waals surface area contributed by atoms with Gasteiger partial charge in [0, 0.05) is 16.1 Å². The van der Waals surface area contributed by atoms with Gasteiger partial charge < -0.3 is 9.84 Å². The maximum Gasteiger partial charge on any atom is 0.130 e. The van der Waals surface area contributed by atoms with Gasteiger partial charge in [0.1, 0.15) is 17.7 Å². The lowest BCUT2D eigenvalue weighted by molar-refractivity contribution is 0.206. The Bertz CT molecular complexity index is 586. The molecular weight excluding hydrogens is 279 g/mol. The number of benzene rings is 2. The van der Waals surface area contributed by atoms with Crippen molar-refractivity contribution in [3.8, 4) is 5.75 Å². The van der Waals surface area contributed by atoms with Crippen LogP contribution >= 0.6 is 11.6 Å². The second-order valence-electron chi connectivity index (χ2n) is 4.45. The summed E-state index contributed by atoms with van der Waals surface area (Å²) in [5, 5.41) is 10.7. The molecule has 0 fully saturated rings. The molecule has 0 aromatic heterocycles. The highest BCUT2D eigenvalue weighted by molar-refractivity contribution is 6.30. The number of rotatable bonds is 5. The number of ether oxygens (including phenoxy) is 1. The Balaban J connectivity index is 2.35. The highest BCUT2D eigenvalue weighted by Gasteiger charge is 2.18. The monoisotopic (exact) mass is 294 g/mol. The smallest absolute Gasteiger partial charge is 0.130 e. The Morgan fingerprint density at radius 2 is 1.95 bits per heavy atom. The van der Waals surface area contributed by atoms with Crippen molar-refractivity contribution in [3.63, 3.8) is 0 Å². The zero-order chi connectivity index (χ0) is 14.5. The van der Waals surface area contributed by atoms with Crippen molar-refractivity contribution in [2.24, 2.45) is 0 Å². The molecule has 20 heavy (non-hydrogen) atoms. The second-order valence-corrected chi connectivity index (χ2v) is 4.89. The molecular formula is C16H16ClFO2. The van der Waals surface area contributed by atoms with Crippen LogP contribution in [0.15, 0.2) is 42.5 Å². The maximum atomic E-state index is 13.9. The van der Waals surface area contributed by atoms with Gasteiger partial charge in [0.25, 0.3) is 0 Å². The molecule has 0 amide bonds. The number of aliphatic hydroxyl groups excluding tert-OH is 1. The first-order chi connectivity index (χ1) is 9.63. The van der Waals surface area contributed by atoms with E-state index in [2.05, 4.69) is 0 Å². The molecule has 106 valence electrons. The average molecular weight is 295 g/mol. The quantitative estimate of drug-likeness (QED) is 0.888. The Labute approximate surface area is 122 Å². The fourth-order valence-corrected chi connectivity index (χ4v) is 2.10. The van der Waals surface area contributed by atoms with Gasteiger partial charge in [-0.25, -0.2) is 4.39 Å². The van der Waals surface area contributed by atoms with E-state index in [0.29, 0.717) is 22.9 Å². The van der Waals surface area contributed by atoms with Crippen LogP contribution in [0, 0.1) is 5.82 Å². The van der Waals surface area contributed by atoms with Crippen LogP contribution in [-0.2, 0) is 0 Å². The predicted octanol–water partition coefficient (Wildman–Crippen LogP) is 4.35. The summed E-state index contributed by atoms with van der Waals surface area (Å²) in [4.78, 5) is 0. The van der Waals surface area contributed by atoms with Gasteiger partial charge in [0.15, 0.2) is 0 Å². The lowest BCUT2D eigenvalue weighted by Gasteiger charge is -2.17. The summed E-state index contributed by atoms with van der Waals surface area (Å²) in [5.74, 6) is 0.0338. The molecule has 0 heterocycles. The van der Waals surface area contributed by atoms with Crippen molar-refractivity contribution in [2.75, 3.05) is 6.61 Å². The number of hydrogen-bond acceptors (Lipinski definition) is 2. The minimum Gasteiger partial charge on any atom is -0.493 e. The molecule has 0 saturated carbocycles. The van der Waals surface area contributed by atoms with Crippen LogP contribution < -0.4 is 4.74 Å². The van der Waals surface area contributed by atoms with E-state index in [1.165, 1.54) is 12.1 Å². The molecule has 0 spiro atoms. The van der Waals surface area contributed by atoms with E-state index in [4.69, 9.17) is 16.3 Å². The van der Waals surface area contributed by atoms with Crippen LogP contribution in [-0.4, -0.2) is 11.7 Å². The number of halogens is 2. The third-order valence-electron chi connectivity index (χ3n) is 2.93. The lowest BCUT2D eigenvalue weighted by atomic mass is 10.0. The molecule has 0 saturated heterocycles. The van der Waals surface area contributed by atoms with Crippen molar-refractivity contribution in [1.29, 1.82) is 0 Å². The summed E-state index contributed by atoms with van der Waals surface area (Å²) in [6, 6.07) is 11.3. The minimum atomic E-state index is -1.08. The van der Waals surface area contributed by atoms with Gasteiger partial charge in [0.2, 0.25) is 0 Å². The Hall–Kier alpha value is -1.58. The third-order valence-corrected chi connectivity index (χ3v) is 3.17. The summed E-state index contributed by atoms with van der Waals surface area (Å²) in [5.41, 5.74) is 0.726. The van der Waals surface area contributed by atoms with Crippen molar-refractivity contribution in [3.05, 3.63) is 64.4 Å². The van der Waals surface area contributed by atoms with E-state index in [0.717, 1.165) is 6.42 Å². The van der Waals surface area contributed by atoms with E-state index in [1.807, 2.05) is 13.0 Å². The van der Waals surface area contributed by atoms with Crippen LogP contribution in [0.1, 0.15) is 30.6 Å². The second kappa shape index (κ2) is 6.73. The standard InChI is InChI=1S/C16H16ClFO2/c1-2-9-20-15-6-4-3-5-13(15)16(19)12-8-7-11(17)10-14(12)18/h3-8,10,16,19H,2,9H2,1H3. The maximum absolute atomic E-state index is 13.9. The first-order valence-corrected chi connectivity index (χ1v) is 6.86. The van der Waals surface area contributed by atoms with E-state index in [9.17, 15) is 9.50 Å². The van der Waals surface area contributed by atoms with E-state index >= 15 is 0 Å². The van der Waals surface area contributed by atoms with Crippen LogP contribution in [0.5, 0.6) is 5.75 Å². The topological polar surface area (TPSA) is 29.5 Å². The normalized spacial score (nSPS) is 12.2. The van der Waals surface area contributed by atoms with Gasteiger partial charge in [-0.15, -0.1) is 0 Å². The fourth-order valence-electron chi connectivity index (χ4n) is 1.94. The van der Waals surface area contributed by atoms with Crippen molar-refractivity contribution in [1.82, 2.24) is 0 Å². The van der Waals surface area contributed by atoms with Crippen LogP contribution in [0.25, 0.3) is 0 Å². The molecule has 4 heteroatoms. The zero-order valence-electron chi connectivity index (χ0n) is 11.1. The summed E-state index contributed by atoms with van der Waals surface area (Å²) >= 11 is 5.72.